The van der Waals surface area contributed by atoms with Gasteiger partial charge in [0.15, 0.2) is 0 Å². The fraction of sp³-hybridized carbons (Fsp3) is 0.909. The maximum atomic E-state index is 11.5. The molecule has 4 nitrogen and oxygen atoms in total. The van der Waals surface area contributed by atoms with Crippen molar-refractivity contribution in [1.82, 2.24) is 10.6 Å². The number of carbonyl (C=O) groups excluding carboxylic acids is 1. The normalized spacial score (nSPS) is 18.2. The molecule has 1 amide bonds. The second-order valence-electron chi connectivity index (χ2n) is 4.13. The van der Waals surface area contributed by atoms with E-state index in [-0.39, 0.29) is 23.1 Å². The first-order chi connectivity index (χ1) is 7.72. The molecule has 1 rings (SSSR count). The summed E-state index contributed by atoms with van der Waals surface area (Å²) >= 11 is 1.85. The summed E-state index contributed by atoms with van der Waals surface area (Å²) < 4.78 is 5.55. The quantitative estimate of drug-likeness (QED) is 0.765. The van der Waals surface area contributed by atoms with E-state index in [0.717, 1.165) is 39.1 Å². The molecule has 0 atom stereocenters. The number of hydrogen-bond donors (Lipinski definition) is 2. The van der Waals surface area contributed by atoms with Crippen LogP contribution < -0.4 is 10.6 Å². The summed E-state index contributed by atoms with van der Waals surface area (Å²) in [4.78, 5) is 11.5. The molecule has 0 spiro atoms. The van der Waals surface area contributed by atoms with Gasteiger partial charge in [-0.05, 0) is 26.1 Å². The Balaban J connectivity index is 0.00000256. The highest BCUT2D eigenvalue weighted by Gasteiger charge is 2.31. The van der Waals surface area contributed by atoms with Crippen molar-refractivity contribution in [3.05, 3.63) is 0 Å². The molecule has 0 aromatic carbocycles. The first-order valence-corrected chi connectivity index (χ1v) is 6.99. The van der Waals surface area contributed by atoms with E-state index >= 15 is 0 Å². The van der Waals surface area contributed by atoms with E-state index in [9.17, 15) is 4.79 Å². The van der Waals surface area contributed by atoms with Crippen LogP contribution in [0, 0.1) is 0 Å². The van der Waals surface area contributed by atoms with Crippen molar-refractivity contribution in [2.24, 2.45) is 0 Å². The molecule has 0 unspecified atom stereocenters. The highest BCUT2D eigenvalue weighted by molar-refractivity contribution is 8.00. The van der Waals surface area contributed by atoms with Crippen molar-refractivity contribution < 1.29 is 9.53 Å². The number of amides is 1. The lowest BCUT2D eigenvalue weighted by atomic mass is 9.99. The van der Waals surface area contributed by atoms with E-state index in [1.807, 2.05) is 18.8 Å². The van der Waals surface area contributed by atoms with Gasteiger partial charge in [-0.3, -0.25) is 4.79 Å². The monoisotopic (exact) mass is 282 g/mol. The number of nitrogens with one attached hydrogen (secondary N) is 2. The van der Waals surface area contributed by atoms with Crippen LogP contribution in [0.4, 0.5) is 0 Å². The van der Waals surface area contributed by atoms with Crippen molar-refractivity contribution in [2.45, 2.75) is 24.0 Å². The molecule has 0 aromatic heterocycles. The van der Waals surface area contributed by atoms with Gasteiger partial charge in [-0.15, -0.1) is 12.4 Å². The van der Waals surface area contributed by atoms with Crippen LogP contribution in [0.1, 0.15) is 19.3 Å². The predicted octanol–water partition coefficient (Wildman–Crippen LogP) is 1.05. The van der Waals surface area contributed by atoms with Crippen molar-refractivity contribution in [1.29, 1.82) is 0 Å². The number of carbonyl (C=O) groups is 1. The number of halogens is 1. The maximum absolute atomic E-state index is 11.5. The zero-order chi connectivity index (χ0) is 11.9. The van der Waals surface area contributed by atoms with Gasteiger partial charge < -0.3 is 15.4 Å². The predicted molar refractivity (Wildman–Crippen MR) is 75.1 cm³/mol. The van der Waals surface area contributed by atoms with Gasteiger partial charge >= 0.3 is 0 Å². The zero-order valence-electron chi connectivity index (χ0n) is 10.6. The summed E-state index contributed by atoms with van der Waals surface area (Å²) in [6.45, 7) is 3.13. The molecule has 0 saturated carbocycles. The molecular weight excluding hydrogens is 260 g/mol. The van der Waals surface area contributed by atoms with Gasteiger partial charge in [-0.1, -0.05) is 0 Å². The molecule has 17 heavy (non-hydrogen) atoms. The number of thioether (sulfide) groups is 1. The molecule has 2 N–H and O–H groups in total. The van der Waals surface area contributed by atoms with Gasteiger partial charge in [0.1, 0.15) is 0 Å². The van der Waals surface area contributed by atoms with Gasteiger partial charge in [0.05, 0.1) is 0 Å². The van der Waals surface area contributed by atoms with Crippen LogP contribution in [0.25, 0.3) is 0 Å². The first kappa shape index (κ1) is 17.0. The fourth-order valence-electron chi connectivity index (χ4n) is 1.78. The first-order valence-electron chi connectivity index (χ1n) is 5.77. The molecule has 1 saturated heterocycles. The summed E-state index contributed by atoms with van der Waals surface area (Å²) in [5.41, 5.74) is 0. The molecule has 6 heteroatoms. The number of rotatable bonds is 6. The second-order valence-corrected chi connectivity index (χ2v) is 5.40. The average Bonchev–Trinajstić information content (AvgIpc) is 2.35. The molecule has 0 bridgehead atoms. The van der Waals surface area contributed by atoms with E-state index in [0.29, 0.717) is 6.42 Å². The lowest BCUT2D eigenvalue weighted by Crippen LogP contribution is -2.44. The Kier molecular flexibility index (Phi) is 9.04. The molecule has 1 heterocycles. The van der Waals surface area contributed by atoms with Crippen molar-refractivity contribution in [3.8, 4) is 0 Å². The highest BCUT2D eigenvalue weighted by atomic mass is 35.5. The van der Waals surface area contributed by atoms with Crippen LogP contribution in [0.5, 0.6) is 0 Å². The lowest BCUT2D eigenvalue weighted by molar-refractivity contribution is -0.121. The fourth-order valence-corrected chi connectivity index (χ4v) is 2.57. The van der Waals surface area contributed by atoms with Gasteiger partial charge in [0, 0.05) is 37.5 Å². The largest absolute Gasteiger partial charge is 0.381 e. The minimum absolute atomic E-state index is 0. The molecule has 0 radical (unpaired) electrons. The third kappa shape index (κ3) is 5.95. The van der Waals surface area contributed by atoms with Crippen LogP contribution in [0.15, 0.2) is 0 Å². The third-order valence-electron chi connectivity index (χ3n) is 3.05. The highest BCUT2D eigenvalue weighted by Crippen LogP contribution is 2.32. The van der Waals surface area contributed by atoms with Crippen LogP contribution in [0.2, 0.25) is 0 Å². The Morgan fingerprint density at radius 2 is 2.06 bits per heavy atom. The van der Waals surface area contributed by atoms with E-state index in [4.69, 9.17) is 4.74 Å². The van der Waals surface area contributed by atoms with Crippen LogP contribution in [-0.2, 0) is 9.53 Å². The third-order valence-corrected chi connectivity index (χ3v) is 4.47. The molecule has 1 aliphatic heterocycles. The summed E-state index contributed by atoms with van der Waals surface area (Å²) in [5, 5.41) is 6.00. The van der Waals surface area contributed by atoms with Gasteiger partial charge in [0.25, 0.3) is 0 Å². The van der Waals surface area contributed by atoms with Gasteiger partial charge in [-0.2, -0.15) is 11.8 Å². The van der Waals surface area contributed by atoms with E-state index < -0.39 is 0 Å². The lowest BCUT2D eigenvalue weighted by Gasteiger charge is -2.35. The molecule has 1 aliphatic rings. The van der Waals surface area contributed by atoms with Crippen molar-refractivity contribution in [3.63, 3.8) is 0 Å². The van der Waals surface area contributed by atoms with Crippen LogP contribution >= 0.6 is 24.2 Å². The topological polar surface area (TPSA) is 50.4 Å². The Morgan fingerprint density at radius 1 is 1.41 bits per heavy atom. The minimum atomic E-state index is 0. The van der Waals surface area contributed by atoms with E-state index in [2.05, 4.69) is 16.9 Å². The Morgan fingerprint density at radius 3 is 2.59 bits per heavy atom. The Labute approximate surface area is 114 Å². The average molecular weight is 283 g/mol. The van der Waals surface area contributed by atoms with E-state index in [1.54, 1.807) is 0 Å². The van der Waals surface area contributed by atoms with Crippen molar-refractivity contribution >= 4 is 30.1 Å². The van der Waals surface area contributed by atoms with Crippen LogP contribution in [-0.4, -0.2) is 50.3 Å². The Bertz CT molecular complexity index is 224. The zero-order valence-corrected chi connectivity index (χ0v) is 12.2. The molecule has 102 valence electrons. The molecular formula is C11H23ClN2O2S. The Hall–Kier alpha value is 0.0300. The van der Waals surface area contributed by atoms with Gasteiger partial charge in [0.2, 0.25) is 5.91 Å². The summed E-state index contributed by atoms with van der Waals surface area (Å²) in [6.07, 6.45) is 4.73. The minimum Gasteiger partial charge on any atom is -0.381 e. The summed E-state index contributed by atoms with van der Waals surface area (Å²) in [6, 6.07) is 0. The maximum Gasteiger partial charge on any atom is 0.221 e. The van der Waals surface area contributed by atoms with Crippen molar-refractivity contribution in [2.75, 3.05) is 39.6 Å². The molecule has 1 fully saturated rings. The standard InChI is InChI=1S/C11H22N2O2S.ClH/c1-12-6-3-10(14)13-9-11(16-2)4-7-15-8-5-11;/h12H,3-9H2,1-2H3,(H,13,14);1H. The van der Waals surface area contributed by atoms with Crippen LogP contribution in [0.3, 0.4) is 0 Å². The molecule has 0 aromatic rings. The second kappa shape index (κ2) is 9.03. The summed E-state index contributed by atoms with van der Waals surface area (Å²) in [5.74, 6) is 0.134. The summed E-state index contributed by atoms with van der Waals surface area (Å²) in [7, 11) is 1.86. The molecule has 0 aliphatic carbocycles. The number of ether oxygens (including phenoxy) is 1. The van der Waals surface area contributed by atoms with Gasteiger partial charge in [-0.25, -0.2) is 0 Å². The van der Waals surface area contributed by atoms with E-state index in [1.165, 1.54) is 0 Å². The SMILES string of the molecule is CNCCC(=O)NCC1(SC)CCOCC1.Cl. The smallest absolute Gasteiger partial charge is 0.221 e. The number of hydrogen-bond acceptors (Lipinski definition) is 4.